The zero-order chi connectivity index (χ0) is 13.1. The largest absolute Gasteiger partial charge is 0.465 e. The molecule has 1 amide bonds. The van der Waals surface area contributed by atoms with Gasteiger partial charge < -0.3 is 15.7 Å². The Balaban J connectivity index is 2.70. The van der Waals surface area contributed by atoms with Crippen LogP contribution in [0.3, 0.4) is 0 Å². The number of nitrogens with one attached hydrogen (secondary N) is 2. The van der Waals surface area contributed by atoms with E-state index in [1.54, 1.807) is 0 Å². The van der Waals surface area contributed by atoms with Crippen LogP contribution in [0.5, 0.6) is 0 Å². The summed E-state index contributed by atoms with van der Waals surface area (Å²) in [5, 5.41) is 15.3. The van der Waals surface area contributed by atoms with Gasteiger partial charge in [-0.25, -0.2) is 4.79 Å². The Morgan fingerprint density at radius 3 is 2.24 bits per heavy atom. The van der Waals surface area contributed by atoms with Crippen molar-refractivity contribution >= 4 is 6.09 Å². The van der Waals surface area contributed by atoms with Crippen LogP contribution in [-0.2, 0) is 0 Å². The van der Waals surface area contributed by atoms with Crippen LogP contribution in [0, 0.1) is 5.41 Å². The highest BCUT2D eigenvalue weighted by molar-refractivity contribution is 5.66. The maximum absolute atomic E-state index is 11.0. The van der Waals surface area contributed by atoms with Crippen molar-refractivity contribution in [1.82, 2.24) is 10.6 Å². The van der Waals surface area contributed by atoms with E-state index in [-0.39, 0.29) is 5.41 Å². The highest BCUT2D eigenvalue weighted by Gasteiger charge is 2.42. The molecule has 3 N–H and O–H groups in total. The van der Waals surface area contributed by atoms with E-state index in [0.717, 1.165) is 6.42 Å². The molecule has 0 spiro atoms. The molecule has 0 aromatic carbocycles. The molecule has 0 aromatic rings. The van der Waals surface area contributed by atoms with Crippen molar-refractivity contribution in [2.75, 3.05) is 6.54 Å². The lowest BCUT2D eigenvalue weighted by Crippen LogP contribution is -2.63. The molecule has 100 valence electrons. The lowest BCUT2D eigenvalue weighted by atomic mass is 9.71. The smallest absolute Gasteiger partial charge is 0.405 e. The summed E-state index contributed by atoms with van der Waals surface area (Å²) in [6.45, 7) is 9.03. The van der Waals surface area contributed by atoms with E-state index in [4.69, 9.17) is 5.11 Å². The van der Waals surface area contributed by atoms with Crippen molar-refractivity contribution in [3.05, 3.63) is 0 Å². The molecule has 1 saturated carbocycles. The van der Waals surface area contributed by atoms with Crippen LogP contribution in [0.1, 0.15) is 53.4 Å². The SMILES string of the molecule is CCC(CNC1CCC1)(NC(=O)O)C(C)(C)C. The third-order valence-corrected chi connectivity index (χ3v) is 4.18. The Kier molecular flexibility index (Phi) is 4.42. The van der Waals surface area contributed by atoms with Crippen molar-refractivity contribution in [3.8, 4) is 0 Å². The van der Waals surface area contributed by atoms with Crippen molar-refractivity contribution in [2.45, 2.75) is 65.0 Å². The number of carbonyl (C=O) groups is 1. The van der Waals surface area contributed by atoms with Crippen molar-refractivity contribution in [1.29, 1.82) is 0 Å². The average molecular weight is 242 g/mol. The molecule has 1 rings (SSSR count). The van der Waals surface area contributed by atoms with Gasteiger partial charge in [-0.3, -0.25) is 0 Å². The first kappa shape index (κ1) is 14.3. The summed E-state index contributed by atoms with van der Waals surface area (Å²) in [7, 11) is 0. The standard InChI is InChI=1S/C13H26N2O2/c1-5-13(12(2,3)4,15-11(16)17)9-14-10-7-6-8-10/h10,14-15H,5-9H2,1-4H3,(H,16,17). The lowest BCUT2D eigenvalue weighted by molar-refractivity contribution is 0.106. The second kappa shape index (κ2) is 5.25. The molecule has 0 aromatic heterocycles. The van der Waals surface area contributed by atoms with Crippen molar-refractivity contribution in [3.63, 3.8) is 0 Å². The average Bonchev–Trinajstić information content (AvgIpc) is 2.10. The first-order valence-electron chi connectivity index (χ1n) is 6.55. The molecule has 1 aliphatic carbocycles. The molecular weight excluding hydrogens is 216 g/mol. The van der Waals surface area contributed by atoms with E-state index < -0.39 is 11.6 Å². The van der Waals surface area contributed by atoms with E-state index in [1.807, 2.05) is 6.92 Å². The van der Waals surface area contributed by atoms with Crippen molar-refractivity contribution < 1.29 is 9.90 Å². The fourth-order valence-corrected chi connectivity index (χ4v) is 2.38. The summed E-state index contributed by atoms with van der Waals surface area (Å²) in [6.07, 6.45) is 3.59. The molecule has 17 heavy (non-hydrogen) atoms. The highest BCUT2D eigenvalue weighted by Crippen LogP contribution is 2.33. The van der Waals surface area contributed by atoms with Gasteiger partial charge in [0.1, 0.15) is 0 Å². The van der Waals surface area contributed by atoms with Crippen LogP contribution in [0.25, 0.3) is 0 Å². The summed E-state index contributed by atoms with van der Waals surface area (Å²) in [4.78, 5) is 11.0. The number of carboxylic acid groups (broad SMARTS) is 1. The van der Waals surface area contributed by atoms with Crippen LogP contribution in [0.15, 0.2) is 0 Å². The van der Waals surface area contributed by atoms with Gasteiger partial charge in [0, 0.05) is 12.6 Å². The second-order valence-electron chi connectivity index (χ2n) is 6.12. The van der Waals surface area contributed by atoms with Gasteiger partial charge in [0.05, 0.1) is 5.54 Å². The summed E-state index contributed by atoms with van der Waals surface area (Å²) in [6, 6.07) is 0.582. The van der Waals surface area contributed by atoms with Gasteiger partial charge in [-0.15, -0.1) is 0 Å². The third-order valence-electron chi connectivity index (χ3n) is 4.18. The lowest BCUT2D eigenvalue weighted by Gasteiger charge is -2.46. The monoisotopic (exact) mass is 242 g/mol. The van der Waals surface area contributed by atoms with Crippen LogP contribution in [0.2, 0.25) is 0 Å². The molecular formula is C13H26N2O2. The Hall–Kier alpha value is -0.770. The molecule has 1 aliphatic rings. The molecule has 1 unspecified atom stereocenters. The van der Waals surface area contributed by atoms with Gasteiger partial charge in [-0.1, -0.05) is 34.1 Å². The predicted molar refractivity (Wildman–Crippen MR) is 69.3 cm³/mol. The predicted octanol–water partition coefficient (Wildman–Crippen LogP) is 2.59. The molecule has 1 atom stereocenters. The fourth-order valence-electron chi connectivity index (χ4n) is 2.38. The Labute approximate surface area is 104 Å². The number of hydrogen-bond acceptors (Lipinski definition) is 2. The third kappa shape index (κ3) is 3.35. The zero-order valence-electron chi connectivity index (χ0n) is 11.5. The maximum Gasteiger partial charge on any atom is 0.405 e. The molecule has 1 fully saturated rings. The molecule has 4 nitrogen and oxygen atoms in total. The van der Waals surface area contributed by atoms with Crippen LogP contribution < -0.4 is 10.6 Å². The van der Waals surface area contributed by atoms with Gasteiger partial charge in [0.25, 0.3) is 0 Å². The van der Waals surface area contributed by atoms with E-state index in [0.29, 0.717) is 12.6 Å². The molecule has 0 saturated heterocycles. The van der Waals surface area contributed by atoms with E-state index >= 15 is 0 Å². The topological polar surface area (TPSA) is 61.4 Å². The summed E-state index contributed by atoms with van der Waals surface area (Å²) >= 11 is 0. The molecule has 0 heterocycles. The fraction of sp³-hybridized carbons (Fsp3) is 0.923. The van der Waals surface area contributed by atoms with E-state index in [1.165, 1.54) is 19.3 Å². The van der Waals surface area contributed by atoms with Crippen LogP contribution in [-0.4, -0.2) is 29.3 Å². The molecule has 4 heteroatoms. The molecule has 0 aliphatic heterocycles. The van der Waals surface area contributed by atoms with Crippen LogP contribution in [0.4, 0.5) is 4.79 Å². The molecule has 0 radical (unpaired) electrons. The van der Waals surface area contributed by atoms with Crippen LogP contribution >= 0.6 is 0 Å². The number of amides is 1. The zero-order valence-corrected chi connectivity index (χ0v) is 11.5. The minimum Gasteiger partial charge on any atom is -0.465 e. The Bertz CT molecular complexity index is 269. The van der Waals surface area contributed by atoms with E-state index in [9.17, 15) is 4.79 Å². The van der Waals surface area contributed by atoms with Gasteiger partial charge in [0.2, 0.25) is 0 Å². The van der Waals surface area contributed by atoms with E-state index in [2.05, 4.69) is 31.4 Å². The van der Waals surface area contributed by atoms with Gasteiger partial charge >= 0.3 is 6.09 Å². The quantitative estimate of drug-likeness (QED) is 0.694. The maximum atomic E-state index is 11.0. The summed E-state index contributed by atoms with van der Waals surface area (Å²) in [5.74, 6) is 0. The minimum atomic E-state index is -0.933. The molecule has 0 bridgehead atoms. The Morgan fingerprint density at radius 2 is 1.94 bits per heavy atom. The van der Waals surface area contributed by atoms with Gasteiger partial charge in [-0.2, -0.15) is 0 Å². The van der Waals surface area contributed by atoms with Gasteiger partial charge in [-0.05, 0) is 24.7 Å². The minimum absolute atomic E-state index is 0.100. The summed E-state index contributed by atoms with van der Waals surface area (Å²) in [5.41, 5.74) is -0.495. The number of hydrogen-bond donors (Lipinski definition) is 3. The van der Waals surface area contributed by atoms with Crippen molar-refractivity contribution in [2.24, 2.45) is 5.41 Å². The second-order valence-corrected chi connectivity index (χ2v) is 6.12. The first-order chi connectivity index (χ1) is 7.81. The summed E-state index contributed by atoms with van der Waals surface area (Å²) < 4.78 is 0. The van der Waals surface area contributed by atoms with Gasteiger partial charge in [0.15, 0.2) is 0 Å². The number of rotatable bonds is 5. The normalized spacial score (nSPS) is 20.5. The first-order valence-corrected chi connectivity index (χ1v) is 6.55. The Morgan fingerprint density at radius 1 is 1.35 bits per heavy atom. The highest BCUT2D eigenvalue weighted by atomic mass is 16.4.